The molecule has 0 bridgehead atoms. The minimum Gasteiger partial charge on any atom is -0.361 e. The average molecular weight is 373 g/mol. The number of rotatable bonds is 5. The Balaban J connectivity index is 1.43. The van der Waals surface area contributed by atoms with Crippen LogP contribution >= 0.6 is 0 Å². The molecule has 1 unspecified atom stereocenters. The van der Waals surface area contributed by atoms with Gasteiger partial charge in [-0.15, -0.1) is 0 Å². The Morgan fingerprint density at radius 2 is 1.86 bits per heavy atom. The molecule has 1 aromatic heterocycles. The van der Waals surface area contributed by atoms with Gasteiger partial charge in [-0.05, 0) is 37.1 Å². The van der Waals surface area contributed by atoms with Gasteiger partial charge >= 0.3 is 0 Å². The van der Waals surface area contributed by atoms with Gasteiger partial charge in [-0.2, -0.15) is 0 Å². The molecule has 142 valence electrons. The van der Waals surface area contributed by atoms with Crippen LogP contribution in [0.2, 0.25) is 0 Å². The van der Waals surface area contributed by atoms with Crippen LogP contribution in [-0.2, 0) is 11.2 Å². The Kier molecular flexibility index (Phi) is 4.74. The third kappa shape index (κ3) is 3.20. The lowest BCUT2D eigenvalue weighted by Crippen LogP contribution is -2.55. The number of carbonyl (C=O) groups excluding carboxylic acids is 2. The maximum absolute atomic E-state index is 12.9. The van der Waals surface area contributed by atoms with Crippen LogP contribution in [0.5, 0.6) is 0 Å². The fourth-order valence-corrected chi connectivity index (χ4v) is 3.72. The second-order valence-corrected chi connectivity index (χ2v) is 7.20. The number of hydrogen-bond donors (Lipinski definition) is 2. The monoisotopic (exact) mass is 373 g/mol. The van der Waals surface area contributed by atoms with Crippen LogP contribution in [-0.4, -0.2) is 40.3 Å². The van der Waals surface area contributed by atoms with E-state index in [-0.39, 0.29) is 11.8 Å². The average Bonchev–Trinajstić information content (AvgIpc) is 3.32. The Bertz CT molecular complexity index is 1040. The van der Waals surface area contributed by atoms with Crippen LogP contribution in [0.3, 0.4) is 0 Å². The number of aromatic amines is 1. The van der Waals surface area contributed by atoms with Gasteiger partial charge in [-0.25, -0.2) is 0 Å². The molecule has 1 atom stereocenters. The number of H-pyrrole nitrogens is 1. The van der Waals surface area contributed by atoms with Crippen LogP contribution in [0, 0.1) is 0 Å². The molecule has 2 amide bonds. The van der Waals surface area contributed by atoms with E-state index >= 15 is 0 Å². The molecular weight excluding hydrogens is 350 g/mol. The first-order chi connectivity index (χ1) is 13.6. The van der Waals surface area contributed by atoms with Gasteiger partial charge in [0.15, 0.2) is 0 Å². The smallest absolute Gasteiger partial charge is 0.255 e. The van der Waals surface area contributed by atoms with E-state index in [4.69, 9.17) is 0 Å². The summed E-state index contributed by atoms with van der Waals surface area (Å²) in [6.45, 7) is 2.73. The molecule has 4 rings (SSSR count). The molecule has 2 N–H and O–H groups in total. The number of fused-ring (bicyclic) bond motifs is 1. The summed E-state index contributed by atoms with van der Waals surface area (Å²) in [5, 5.41) is 4.18. The van der Waals surface area contributed by atoms with E-state index in [2.05, 4.69) is 16.4 Å². The number of nitrogens with one attached hydrogen (secondary N) is 2. The number of carbonyl (C=O) groups is 2. The van der Waals surface area contributed by atoms with Crippen LogP contribution in [0.15, 0.2) is 72.9 Å². The summed E-state index contributed by atoms with van der Waals surface area (Å²) < 4.78 is 0. The van der Waals surface area contributed by atoms with E-state index in [0.717, 1.165) is 11.9 Å². The molecule has 5 heteroatoms. The molecule has 1 aliphatic rings. The Morgan fingerprint density at radius 3 is 2.68 bits per heavy atom. The SMILES string of the molecule is CC1(C(=O)NCCc2c[nH]c3ccccc23)C=CCN1C(=O)c1ccccc1. The molecule has 3 aromatic rings. The Hall–Kier alpha value is -3.34. The van der Waals surface area contributed by atoms with Gasteiger partial charge in [-0.3, -0.25) is 9.59 Å². The highest BCUT2D eigenvalue weighted by Gasteiger charge is 2.42. The Labute approximate surface area is 164 Å². The normalized spacial score (nSPS) is 18.5. The second kappa shape index (κ2) is 7.35. The number of amides is 2. The molecule has 28 heavy (non-hydrogen) atoms. The van der Waals surface area contributed by atoms with Crippen molar-refractivity contribution in [3.8, 4) is 0 Å². The molecule has 0 saturated heterocycles. The number of aromatic nitrogens is 1. The lowest BCUT2D eigenvalue weighted by atomic mass is 9.99. The summed E-state index contributed by atoms with van der Waals surface area (Å²) >= 11 is 0. The first kappa shape index (κ1) is 18.0. The van der Waals surface area contributed by atoms with Crippen LogP contribution < -0.4 is 5.32 Å². The van der Waals surface area contributed by atoms with Crippen molar-refractivity contribution >= 4 is 22.7 Å². The van der Waals surface area contributed by atoms with Crippen LogP contribution in [0.25, 0.3) is 10.9 Å². The van der Waals surface area contributed by atoms with Gasteiger partial charge in [-0.1, -0.05) is 48.6 Å². The van der Waals surface area contributed by atoms with Gasteiger partial charge in [0.25, 0.3) is 5.91 Å². The van der Waals surface area contributed by atoms with Gasteiger partial charge < -0.3 is 15.2 Å². The predicted molar refractivity (Wildman–Crippen MR) is 110 cm³/mol. The maximum Gasteiger partial charge on any atom is 0.255 e. The molecule has 0 fully saturated rings. The summed E-state index contributed by atoms with van der Waals surface area (Å²) in [6.07, 6.45) is 6.40. The maximum atomic E-state index is 12.9. The van der Waals surface area contributed by atoms with Gasteiger partial charge in [0, 0.05) is 35.8 Å². The summed E-state index contributed by atoms with van der Waals surface area (Å²) in [5.74, 6) is -0.301. The molecular formula is C23H23N3O2. The first-order valence-corrected chi connectivity index (χ1v) is 9.47. The third-order valence-electron chi connectivity index (χ3n) is 5.37. The highest BCUT2D eigenvalue weighted by molar-refractivity contribution is 6.00. The van der Waals surface area contributed by atoms with Crippen molar-refractivity contribution in [3.63, 3.8) is 0 Å². The topological polar surface area (TPSA) is 65.2 Å². The van der Waals surface area contributed by atoms with E-state index in [0.29, 0.717) is 18.7 Å². The summed E-state index contributed by atoms with van der Waals surface area (Å²) in [7, 11) is 0. The Morgan fingerprint density at radius 1 is 1.11 bits per heavy atom. The van der Waals surface area contributed by atoms with E-state index in [1.54, 1.807) is 24.0 Å². The molecule has 0 aliphatic carbocycles. The minimum atomic E-state index is -0.979. The zero-order valence-corrected chi connectivity index (χ0v) is 15.8. The molecule has 2 heterocycles. The van der Waals surface area contributed by atoms with Gasteiger partial charge in [0.05, 0.1) is 0 Å². The minimum absolute atomic E-state index is 0.139. The van der Waals surface area contributed by atoms with Crippen molar-refractivity contribution in [2.75, 3.05) is 13.1 Å². The third-order valence-corrected chi connectivity index (χ3v) is 5.37. The second-order valence-electron chi connectivity index (χ2n) is 7.20. The lowest BCUT2D eigenvalue weighted by Gasteiger charge is -2.33. The zero-order valence-electron chi connectivity index (χ0n) is 15.8. The lowest BCUT2D eigenvalue weighted by molar-refractivity contribution is -0.128. The van der Waals surface area contributed by atoms with Gasteiger partial charge in [0.1, 0.15) is 5.54 Å². The predicted octanol–water partition coefficient (Wildman–Crippen LogP) is 3.30. The van der Waals surface area contributed by atoms with Gasteiger partial charge in [0.2, 0.25) is 5.91 Å². The molecule has 1 aliphatic heterocycles. The van der Waals surface area contributed by atoms with Crippen molar-refractivity contribution < 1.29 is 9.59 Å². The molecule has 0 spiro atoms. The van der Waals surface area contributed by atoms with Crippen molar-refractivity contribution in [2.24, 2.45) is 0 Å². The summed E-state index contributed by atoms with van der Waals surface area (Å²) in [5.41, 5.74) is 1.87. The van der Waals surface area contributed by atoms with E-state index in [1.165, 1.54) is 10.9 Å². The van der Waals surface area contributed by atoms with E-state index < -0.39 is 5.54 Å². The van der Waals surface area contributed by atoms with Crippen molar-refractivity contribution in [3.05, 3.63) is 84.1 Å². The highest BCUT2D eigenvalue weighted by Crippen LogP contribution is 2.25. The van der Waals surface area contributed by atoms with Crippen molar-refractivity contribution in [2.45, 2.75) is 18.9 Å². The zero-order chi connectivity index (χ0) is 19.6. The quantitative estimate of drug-likeness (QED) is 0.674. The first-order valence-electron chi connectivity index (χ1n) is 9.47. The number of hydrogen-bond acceptors (Lipinski definition) is 2. The fraction of sp³-hybridized carbons (Fsp3) is 0.217. The van der Waals surface area contributed by atoms with Crippen LogP contribution in [0.4, 0.5) is 0 Å². The number of para-hydroxylation sites is 1. The largest absolute Gasteiger partial charge is 0.361 e. The summed E-state index contributed by atoms with van der Waals surface area (Å²) in [6, 6.07) is 17.2. The standard InChI is InChI=1S/C23H23N3O2/c1-23(13-7-15-26(23)21(27)17-8-3-2-4-9-17)22(28)24-14-12-18-16-25-20-11-6-5-10-19(18)20/h2-11,13,16,25H,12,14-15H2,1H3,(H,24,28). The van der Waals surface area contributed by atoms with E-state index in [9.17, 15) is 9.59 Å². The molecule has 0 saturated carbocycles. The van der Waals surface area contributed by atoms with E-state index in [1.807, 2.05) is 54.7 Å². The summed E-state index contributed by atoms with van der Waals surface area (Å²) in [4.78, 5) is 30.7. The number of nitrogens with zero attached hydrogens (tertiary/aromatic N) is 1. The fourth-order valence-electron chi connectivity index (χ4n) is 3.72. The number of benzene rings is 2. The van der Waals surface area contributed by atoms with Crippen molar-refractivity contribution in [1.29, 1.82) is 0 Å². The van der Waals surface area contributed by atoms with Crippen LogP contribution in [0.1, 0.15) is 22.8 Å². The molecule has 2 aromatic carbocycles. The molecule has 5 nitrogen and oxygen atoms in total. The van der Waals surface area contributed by atoms with Crippen molar-refractivity contribution in [1.82, 2.24) is 15.2 Å². The molecule has 0 radical (unpaired) electrons. The highest BCUT2D eigenvalue weighted by atomic mass is 16.2.